The molecule has 1 aromatic carbocycles. The average molecular weight is 258 g/mol. The summed E-state index contributed by atoms with van der Waals surface area (Å²) in [4.78, 5) is 11.8. The van der Waals surface area contributed by atoms with Crippen LogP contribution in [0.3, 0.4) is 0 Å². The molecule has 6 heteroatoms. The summed E-state index contributed by atoms with van der Waals surface area (Å²) in [7, 11) is 0. The zero-order valence-corrected chi connectivity index (χ0v) is 9.57. The van der Waals surface area contributed by atoms with Gasteiger partial charge in [-0.2, -0.15) is 13.2 Å². The molecule has 1 unspecified atom stereocenters. The Morgan fingerprint density at radius 3 is 2.50 bits per heavy atom. The second-order valence-corrected chi connectivity index (χ2v) is 4.20. The second kappa shape index (κ2) is 4.61. The Bertz CT molecular complexity index is 421. The number of amides is 1. The molecule has 0 spiro atoms. The Morgan fingerprint density at radius 1 is 1.28 bits per heavy atom. The molecule has 1 aromatic rings. The van der Waals surface area contributed by atoms with E-state index in [4.69, 9.17) is 0 Å². The monoisotopic (exact) mass is 258 g/mol. The number of carbonyl (C=O) groups excluding carboxylic acids is 1. The third kappa shape index (κ3) is 1.86. The molecular formula is C12H13F3N2O. The summed E-state index contributed by atoms with van der Waals surface area (Å²) in [6.45, 7) is 0.0839. The first-order valence-electron chi connectivity index (χ1n) is 5.57. The summed E-state index contributed by atoms with van der Waals surface area (Å²) in [6, 6.07) is 7.53. The van der Waals surface area contributed by atoms with E-state index in [-0.39, 0.29) is 25.1 Å². The van der Waals surface area contributed by atoms with Crippen molar-refractivity contribution in [1.82, 2.24) is 10.2 Å². The predicted octanol–water partition coefficient (Wildman–Crippen LogP) is 1.51. The van der Waals surface area contributed by atoms with Crippen LogP contribution in [-0.4, -0.2) is 37.1 Å². The normalized spacial score (nSPS) is 24.9. The number of rotatable bonds is 2. The first-order valence-corrected chi connectivity index (χ1v) is 5.57. The molecule has 0 radical (unpaired) electrons. The second-order valence-electron chi connectivity index (χ2n) is 4.20. The summed E-state index contributed by atoms with van der Waals surface area (Å²) in [5.74, 6) is 0. The molecule has 3 nitrogen and oxygen atoms in total. The third-order valence-corrected chi connectivity index (χ3v) is 3.25. The number of nitrogens with one attached hydrogen (secondary N) is 1. The van der Waals surface area contributed by atoms with Crippen LogP contribution in [0.2, 0.25) is 0 Å². The third-order valence-electron chi connectivity index (χ3n) is 3.25. The van der Waals surface area contributed by atoms with Crippen LogP contribution in [0.5, 0.6) is 0 Å². The topological polar surface area (TPSA) is 32.3 Å². The molecule has 1 amide bonds. The van der Waals surface area contributed by atoms with E-state index in [0.717, 1.165) is 4.90 Å². The molecule has 1 N–H and O–H groups in total. The number of benzene rings is 1. The molecule has 0 aliphatic carbocycles. The van der Waals surface area contributed by atoms with Crippen LogP contribution >= 0.6 is 0 Å². The first-order chi connectivity index (χ1) is 8.52. The van der Waals surface area contributed by atoms with Gasteiger partial charge in [0.2, 0.25) is 6.41 Å². The fourth-order valence-corrected chi connectivity index (χ4v) is 2.31. The fraction of sp³-hybridized carbons (Fsp3) is 0.417. The number of halogens is 3. The summed E-state index contributed by atoms with van der Waals surface area (Å²) in [5.41, 5.74) is -2.19. The molecule has 18 heavy (non-hydrogen) atoms. The molecule has 0 saturated carbocycles. The van der Waals surface area contributed by atoms with Crippen LogP contribution in [-0.2, 0) is 10.3 Å². The van der Waals surface area contributed by atoms with Crippen LogP contribution < -0.4 is 5.32 Å². The van der Waals surface area contributed by atoms with Crippen LogP contribution in [0.4, 0.5) is 13.2 Å². The van der Waals surface area contributed by atoms with Gasteiger partial charge in [0.1, 0.15) is 0 Å². The van der Waals surface area contributed by atoms with E-state index in [1.807, 2.05) is 0 Å². The molecule has 1 aliphatic heterocycles. The molecule has 2 rings (SSSR count). The highest BCUT2D eigenvalue weighted by molar-refractivity contribution is 5.52. The van der Waals surface area contributed by atoms with Gasteiger partial charge in [0.05, 0.1) is 0 Å². The minimum atomic E-state index is -4.53. The van der Waals surface area contributed by atoms with Crippen molar-refractivity contribution in [3.63, 3.8) is 0 Å². The van der Waals surface area contributed by atoms with Gasteiger partial charge >= 0.3 is 6.18 Å². The van der Waals surface area contributed by atoms with Gasteiger partial charge in [0.25, 0.3) is 0 Å². The Labute approximate surface area is 103 Å². The Balaban J connectivity index is 2.56. The van der Waals surface area contributed by atoms with Gasteiger partial charge in [0, 0.05) is 19.6 Å². The highest BCUT2D eigenvalue weighted by Gasteiger charge is 2.60. The van der Waals surface area contributed by atoms with Gasteiger partial charge in [-0.1, -0.05) is 30.3 Å². The quantitative estimate of drug-likeness (QED) is 0.815. The van der Waals surface area contributed by atoms with E-state index in [2.05, 4.69) is 5.32 Å². The number of alkyl halides is 3. The lowest BCUT2D eigenvalue weighted by molar-refractivity contribution is -0.237. The molecule has 1 heterocycles. The SMILES string of the molecule is O=CN1CCNCC1(c1ccccc1)C(F)(F)F. The smallest absolute Gasteiger partial charge is 0.325 e. The maximum Gasteiger partial charge on any atom is 0.417 e. The Kier molecular flexibility index (Phi) is 3.30. The molecule has 1 aliphatic rings. The van der Waals surface area contributed by atoms with Crippen LogP contribution in [0.25, 0.3) is 0 Å². The standard InChI is InChI=1S/C12H13F3N2O/c13-12(14,15)11(10-4-2-1-3-5-10)8-16-6-7-17(11)9-18/h1-5,9,16H,6-8H2. The van der Waals surface area contributed by atoms with Gasteiger partial charge in [-0.15, -0.1) is 0 Å². The van der Waals surface area contributed by atoms with E-state index < -0.39 is 11.7 Å². The van der Waals surface area contributed by atoms with Crippen molar-refractivity contribution in [2.24, 2.45) is 0 Å². The summed E-state index contributed by atoms with van der Waals surface area (Å²) in [6.07, 6.45) is -4.25. The molecule has 98 valence electrons. The van der Waals surface area contributed by atoms with E-state index >= 15 is 0 Å². The van der Waals surface area contributed by atoms with Crippen LogP contribution in [0, 0.1) is 0 Å². The van der Waals surface area contributed by atoms with Crippen molar-refractivity contribution < 1.29 is 18.0 Å². The number of hydrogen-bond donors (Lipinski definition) is 1. The zero-order chi connectivity index (χ0) is 13.2. The van der Waals surface area contributed by atoms with Crippen molar-refractivity contribution >= 4 is 6.41 Å². The molecule has 1 fully saturated rings. The lowest BCUT2D eigenvalue weighted by atomic mass is 9.86. The van der Waals surface area contributed by atoms with Crippen molar-refractivity contribution in [3.05, 3.63) is 35.9 Å². The summed E-state index contributed by atoms with van der Waals surface area (Å²) >= 11 is 0. The lowest BCUT2D eigenvalue weighted by Gasteiger charge is -2.46. The highest BCUT2D eigenvalue weighted by Crippen LogP contribution is 2.43. The van der Waals surface area contributed by atoms with Gasteiger partial charge < -0.3 is 10.2 Å². The van der Waals surface area contributed by atoms with Gasteiger partial charge in [-0.3, -0.25) is 4.79 Å². The van der Waals surface area contributed by atoms with Crippen molar-refractivity contribution in [1.29, 1.82) is 0 Å². The van der Waals surface area contributed by atoms with Crippen LogP contribution in [0.15, 0.2) is 30.3 Å². The molecular weight excluding hydrogens is 245 g/mol. The average Bonchev–Trinajstić information content (AvgIpc) is 2.38. The van der Waals surface area contributed by atoms with Crippen molar-refractivity contribution in [2.45, 2.75) is 11.7 Å². The molecule has 1 atom stereocenters. The maximum absolute atomic E-state index is 13.5. The largest absolute Gasteiger partial charge is 0.417 e. The van der Waals surface area contributed by atoms with E-state index in [0.29, 0.717) is 6.54 Å². The summed E-state index contributed by atoms with van der Waals surface area (Å²) < 4.78 is 40.4. The molecule has 0 aromatic heterocycles. The first kappa shape index (κ1) is 12.9. The highest BCUT2D eigenvalue weighted by atomic mass is 19.4. The van der Waals surface area contributed by atoms with E-state index in [9.17, 15) is 18.0 Å². The fourth-order valence-electron chi connectivity index (χ4n) is 2.31. The zero-order valence-electron chi connectivity index (χ0n) is 9.57. The minimum absolute atomic E-state index is 0.0396. The number of piperazine rings is 1. The summed E-state index contributed by atoms with van der Waals surface area (Å²) in [5, 5.41) is 2.72. The number of hydrogen-bond acceptors (Lipinski definition) is 2. The predicted molar refractivity (Wildman–Crippen MR) is 59.8 cm³/mol. The molecule has 1 saturated heterocycles. The molecule has 0 bridgehead atoms. The number of carbonyl (C=O) groups is 1. The van der Waals surface area contributed by atoms with Gasteiger partial charge in [0.15, 0.2) is 5.54 Å². The van der Waals surface area contributed by atoms with E-state index in [1.165, 1.54) is 12.1 Å². The van der Waals surface area contributed by atoms with Crippen molar-refractivity contribution in [2.75, 3.05) is 19.6 Å². The van der Waals surface area contributed by atoms with E-state index in [1.54, 1.807) is 18.2 Å². The maximum atomic E-state index is 13.5. The Morgan fingerprint density at radius 2 is 1.94 bits per heavy atom. The van der Waals surface area contributed by atoms with Gasteiger partial charge in [-0.05, 0) is 5.56 Å². The van der Waals surface area contributed by atoms with Gasteiger partial charge in [-0.25, -0.2) is 0 Å². The van der Waals surface area contributed by atoms with Crippen LogP contribution in [0.1, 0.15) is 5.56 Å². The minimum Gasteiger partial charge on any atom is -0.325 e. The number of nitrogens with zero attached hydrogens (tertiary/aromatic N) is 1. The van der Waals surface area contributed by atoms with Crippen molar-refractivity contribution in [3.8, 4) is 0 Å². The Hall–Kier alpha value is -1.56. The lowest BCUT2D eigenvalue weighted by Crippen LogP contribution is -2.65.